The summed E-state index contributed by atoms with van der Waals surface area (Å²) in [7, 11) is 0. The van der Waals surface area contributed by atoms with Crippen LogP contribution in [0.15, 0.2) is 91.0 Å². The van der Waals surface area contributed by atoms with E-state index in [9.17, 15) is 5.11 Å². The van der Waals surface area contributed by atoms with Crippen LogP contribution in [0, 0.1) is 0 Å². The first-order chi connectivity index (χ1) is 13.3. The molecule has 0 saturated carbocycles. The average Bonchev–Trinajstić information content (AvgIpc) is 2.76. The normalized spacial score (nSPS) is 18.1. The van der Waals surface area contributed by atoms with Crippen molar-refractivity contribution in [3.05, 3.63) is 108 Å². The molecular formula is C25H27NO. The second-order valence-corrected chi connectivity index (χ2v) is 7.60. The lowest BCUT2D eigenvalue weighted by atomic mass is 9.67. The van der Waals surface area contributed by atoms with Gasteiger partial charge in [-0.2, -0.15) is 0 Å². The first-order valence-electron chi connectivity index (χ1n) is 9.83. The van der Waals surface area contributed by atoms with Crippen molar-refractivity contribution >= 4 is 0 Å². The summed E-state index contributed by atoms with van der Waals surface area (Å²) < 4.78 is 0. The molecule has 138 valence electrons. The summed E-state index contributed by atoms with van der Waals surface area (Å²) in [6.07, 6.45) is 1.43. The van der Waals surface area contributed by atoms with Gasteiger partial charge in [-0.25, -0.2) is 0 Å². The van der Waals surface area contributed by atoms with Gasteiger partial charge in [0, 0.05) is 12.0 Å². The van der Waals surface area contributed by atoms with Crippen molar-refractivity contribution in [3.63, 3.8) is 0 Å². The van der Waals surface area contributed by atoms with Crippen LogP contribution < -0.4 is 0 Å². The number of aliphatic hydroxyl groups is 1. The lowest BCUT2D eigenvalue weighted by Crippen LogP contribution is -2.45. The number of benzene rings is 3. The number of hydrogen-bond donors (Lipinski definition) is 1. The van der Waals surface area contributed by atoms with Crippen LogP contribution >= 0.6 is 0 Å². The van der Waals surface area contributed by atoms with Gasteiger partial charge in [0.05, 0.1) is 6.10 Å². The predicted octanol–water partition coefficient (Wildman–Crippen LogP) is 4.95. The quantitative estimate of drug-likeness (QED) is 0.698. The third kappa shape index (κ3) is 3.83. The number of aliphatic hydroxyl groups excluding tert-OH is 1. The second kappa shape index (κ2) is 8.08. The lowest BCUT2D eigenvalue weighted by Gasteiger charge is -2.45. The maximum Gasteiger partial charge on any atom is 0.0887 e. The SMILES string of the molecule is O[C@@H](c1ccccc1)C1(c2ccccc2)CCN(Cc2ccccc2)CC1. The van der Waals surface area contributed by atoms with Crippen LogP contribution in [0.4, 0.5) is 0 Å². The Hall–Kier alpha value is -2.42. The number of likely N-dealkylation sites (tertiary alicyclic amines) is 1. The monoisotopic (exact) mass is 357 g/mol. The largest absolute Gasteiger partial charge is 0.387 e. The van der Waals surface area contributed by atoms with E-state index in [0.29, 0.717) is 0 Å². The highest BCUT2D eigenvalue weighted by atomic mass is 16.3. The van der Waals surface area contributed by atoms with Crippen LogP contribution in [0.25, 0.3) is 0 Å². The standard InChI is InChI=1S/C25H27NO/c27-24(22-12-6-2-7-13-22)25(23-14-8-3-9-15-23)16-18-26(19-17-25)20-21-10-4-1-5-11-21/h1-15,24,27H,16-20H2/t24-/m0/s1. The van der Waals surface area contributed by atoms with E-state index in [1.807, 2.05) is 30.3 Å². The van der Waals surface area contributed by atoms with Crippen LogP contribution in [0.5, 0.6) is 0 Å². The van der Waals surface area contributed by atoms with E-state index in [-0.39, 0.29) is 5.41 Å². The molecule has 0 unspecified atom stereocenters. The zero-order chi connectivity index (χ0) is 18.5. The molecule has 2 nitrogen and oxygen atoms in total. The molecule has 1 aliphatic rings. The van der Waals surface area contributed by atoms with Gasteiger partial charge < -0.3 is 5.11 Å². The molecule has 1 aliphatic heterocycles. The first kappa shape index (κ1) is 18.0. The minimum atomic E-state index is -0.486. The summed E-state index contributed by atoms with van der Waals surface area (Å²) in [5.74, 6) is 0. The minimum absolute atomic E-state index is 0.226. The number of rotatable bonds is 5. The zero-order valence-electron chi connectivity index (χ0n) is 15.7. The molecule has 2 heteroatoms. The molecule has 27 heavy (non-hydrogen) atoms. The highest BCUT2D eigenvalue weighted by Gasteiger charge is 2.42. The fourth-order valence-electron chi connectivity index (χ4n) is 4.40. The third-order valence-corrected chi connectivity index (χ3v) is 5.98. The molecular weight excluding hydrogens is 330 g/mol. The van der Waals surface area contributed by atoms with Crippen LogP contribution in [0.1, 0.15) is 35.6 Å². The van der Waals surface area contributed by atoms with Crippen molar-refractivity contribution in [2.24, 2.45) is 0 Å². The van der Waals surface area contributed by atoms with Crippen molar-refractivity contribution in [1.82, 2.24) is 4.90 Å². The Morgan fingerprint density at radius 3 is 1.85 bits per heavy atom. The maximum atomic E-state index is 11.4. The molecule has 4 rings (SSSR count). The van der Waals surface area contributed by atoms with E-state index in [4.69, 9.17) is 0 Å². The Morgan fingerprint density at radius 1 is 0.741 bits per heavy atom. The Kier molecular flexibility index (Phi) is 5.38. The Labute approximate surface area is 162 Å². The molecule has 1 atom stereocenters. The molecule has 0 aromatic heterocycles. The van der Waals surface area contributed by atoms with Gasteiger partial charge in [-0.3, -0.25) is 4.90 Å². The zero-order valence-corrected chi connectivity index (χ0v) is 15.7. The second-order valence-electron chi connectivity index (χ2n) is 7.60. The summed E-state index contributed by atoms with van der Waals surface area (Å²) in [4.78, 5) is 2.51. The van der Waals surface area contributed by atoms with Crippen LogP contribution in [0.2, 0.25) is 0 Å². The number of nitrogens with zero attached hydrogens (tertiary/aromatic N) is 1. The third-order valence-electron chi connectivity index (χ3n) is 5.98. The summed E-state index contributed by atoms with van der Waals surface area (Å²) in [6.45, 7) is 2.97. The van der Waals surface area contributed by atoms with Gasteiger partial charge in [-0.15, -0.1) is 0 Å². The first-order valence-corrected chi connectivity index (χ1v) is 9.83. The molecule has 0 bridgehead atoms. The van der Waals surface area contributed by atoms with E-state index in [2.05, 4.69) is 65.6 Å². The van der Waals surface area contributed by atoms with Gasteiger partial charge in [0.25, 0.3) is 0 Å². The van der Waals surface area contributed by atoms with Gasteiger partial charge in [-0.1, -0.05) is 91.0 Å². The van der Waals surface area contributed by atoms with Gasteiger partial charge in [0.15, 0.2) is 0 Å². The van der Waals surface area contributed by atoms with Crippen LogP contribution in [0.3, 0.4) is 0 Å². The maximum absolute atomic E-state index is 11.4. The molecule has 1 fully saturated rings. The Balaban J connectivity index is 1.58. The fraction of sp³-hybridized carbons (Fsp3) is 0.280. The number of hydrogen-bond acceptors (Lipinski definition) is 2. The molecule has 0 spiro atoms. The lowest BCUT2D eigenvalue weighted by molar-refractivity contribution is 0.0270. The van der Waals surface area contributed by atoms with Crippen LogP contribution in [-0.4, -0.2) is 23.1 Å². The Bertz CT molecular complexity index is 824. The van der Waals surface area contributed by atoms with E-state index in [1.165, 1.54) is 11.1 Å². The van der Waals surface area contributed by atoms with E-state index in [0.717, 1.165) is 38.0 Å². The van der Waals surface area contributed by atoms with Crippen LogP contribution in [-0.2, 0) is 12.0 Å². The minimum Gasteiger partial charge on any atom is -0.387 e. The molecule has 3 aromatic rings. The van der Waals surface area contributed by atoms with E-state index < -0.39 is 6.10 Å². The van der Waals surface area contributed by atoms with E-state index in [1.54, 1.807) is 0 Å². The topological polar surface area (TPSA) is 23.5 Å². The van der Waals surface area contributed by atoms with Crippen molar-refractivity contribution in [1.29, 1.82) is 0 Å². The fourth-order valence-corrected chi connectivity index (χ4v) is 4.40. The van der Waals surface area contributed by atoms with Crippen molar-refractivity contribution in [3.8, 4) is 0 Å². The van der Waals surface area contributed by atoms with Gasteiger partial charge >= 0.3 is 0 Å². The summed E-state index contributed by atoms with van der Waals surface area (Å²) >= 11 is 0. The van der Waals surface area contributed by atoms with Gasteiger partial charge in [0.1, 0.15) is 0 Å². The average molecular weight is 357 g/mol. The molecule has 0 amide bonds. The van der Waals surface area contributed by atoms with Crippen molar-refractivity contribution < 1.29 is 5.11 Å². The molecule has 0 radical (unpaired) electrons. The van der Waals surface area contributed by atoms with Crippen molar-refractivity contribution in [2.75, 3.05) is 13.1 Å². The highest BCUT2D eigenvalue weighted by molar-refractivity contribution is 5.33. The molecule has 1 N–H and O–H groups in total. The molecule has 0 aliphatic carbocycles. The summed E-state index contributed by atoms with van der Waals surface area (Å²) in [6, 6.07) is 31.4. The smallest absolute Gasteiger partial charge is 0.0887 e. The molecule has 3 aromatic carbocycles. The summed E-state index contributed by atoms with van der Waals surface area (Å²) in [5, 5.41) is 11.4. The highest BCUT2D eigenvalue weighted by Crippen LogP contribution is 2.45. The van der Waals surface area contributed by atoms with Gasteiger partial charge in [-0.05, 0) is 42.6 Å². The molecule has 1 saturated heterocycles. The van der Waals surface area contributed by atoms with E-state index >= 15 is 0 Å². The summed E-state index contributed by atoms with van der Waals surface area (Å²) in [5.41, 5.74) is 3.39. The van der Waals surface area contributed by atoms with Crippen molar-refractivity contribution in [2.45, 2.75) is 30.9 Å². The van der Waals surface area contributed by atoms with Gasteiger partial charge in [0.2, 0.25) is 0 Å². The number of piperidine rings is 1. The Morgan fingerprint density at radius 2 is 1.26 bits per heavy atom. The molecule has 1 heterocycles. The predicted molar refractivity (Wildman–Crippen MR) is 110 cm³/mol.